The van der Waals surface area contributed by atoms with E-state index in [1.807, 2.05) is 0 Å². The minimum Gasteiger partial charge on any atom is -0.396 e. The van der Waals surface area contributed by atoms with Gasteiger partial charge in [-0.3, -0.25) is 14.4 Å². The van der Waals surface area contributed by atoms with Gasteiger partial charge in [-0.2, -0.15) is 0 Å². The Morgan fingerprint density at radius 2 is 2.07 bits per heavy atom. The minimum absolute atomic E-state index is 0.00648. The number of hydrogen-bond acceptors (Lipinski definition) is 5. The number of carbonyl (C=O) groups is 3. The van der Waals surface area contributed by atoms with Gasteiger partial charge in [0.2, 0.25) is 17.7 Å². The molecule has 2 bridgehead atoms. The Balaban J connectivity index is 1.68. The van der Waals surface area contributed by atoms with Crippen LogP contribution in [0.15, 0.2) is 24.3 Å². The molecule has 3 heterocycles. The lowest BCUT2D eigenvalue weighted by Gasteiger charge is -2.33. The van der Waals surface area contributed by atoms with Crippen LogP contribution in [0.2, 0.25) is 5.02 Å². The quantitative estimate of drug-likeness (QED) is 0.557. The van der Waals surface area contributed by atoms with Crippen molar-refractivity contribution in [2.75, 3.05) is 25.5 Å². The maximum atomic E-state index is 13.4. The van der Waals surface area contributed by atoms with Crippen LogP contribution in [0.1, 0.15) is 25.7 Å². The van der Waals surface area contributed by atoms with Gasteiger partial charge in [0, 0.05) is 20.2 Å². The van der Waals surface area contributed by atoms with Crippen molar-refractivity contribution < 1.29 is 24.2 Å². The summed E-state index contributed by atoms with van der Waals surface area (Å²) in [6.45, 7) is 0.319. The molecule has 3 fully saturated rings. The maximum Gasteiger partial charge on any atom is 0.250 e. The van der Waals surface area contributed by atoms with E-state index in [4.69, 9.17) is 21.4 Å². The van der Waals surface area contributed by atoms with Crippen molar-refractivity contribution in [2.45, 2.75) is 43.4 Å². The Labute approximate surface area is 179 Å². The number of nitrogens with zero attached hydrogens (tertiary/aromatic N) is 1. The Morgan fingerprint density at radius 3 is 2.77 bits per heavy atom. The van der Waals surface area contributed by atoms with Crippen LogP contribution >= 0.6 is 11.6 Å². The number of halogens is 1. The largest absolute Gasteiger partial charge is 0.396 e. The molecule has 1 aromatic carbocycles. The van der Waals surface area contributed by atoms with Crippen molar-refractivity contribution in [3.8, 4) is 0 Å². The molecule has 2 unspecified atom stereocenters. The molecule has 3 aliphatic heterocycles. The Hall–Kier alpha value is -2.16. The van der Waals surface area contributed by atoms with Gasteiger partial charge in [0.1, 0.15) is 11.6 Å². The monoisotopic (exact) mass is 435 g/mol. The standard InChI is InChI=1S/C21H26ClN3O5/c1-23-18(27)15-14-8-9-21(30-14)16(15)20(29)25(10-4-5-11-26)17(21)19(28)24-13-7-3-2-6-12(13)22/h2-3,6-7,14-17,26H,4-5,8-11H2,1H3,(H,23,27)(H,24,28)/t14-,15+,16+,17?,21?/m1/s1. The molecule has 3 aliphatic rings. The van der Waals surface area contributed by atoms with Crippen LogP contribution < -0.4 is 10.6 Å². The zero-order chi connectivity index (χ0) is 21.5. The number of aliphatic hydroxyl groups is 1. The third-order valence-corrected chi connectivity index (χ3v) is 6.87. The van der Waals surface area contributed by atoms with Crippen LogP contribution in [0.4, 0.5) is 5.69 Å². The third kappa shape index (κ3) is 3.18. The van der Waals surface area contributed by atoms with Crippen molar-refractivity contribution in [1.29, 1.82) is 0 Å². The van der Waals surface area contributed by atoms with Gasteiger partial charge >= 0.3 is 0 Å². The highest BCUT2D eigenvalue weighted by molar-refractivity contribution is 6.33. The predicted molar refractivity (Wildman–Crippen MR) is 110 cm³/mol. The number of fused-ring (bicyclic) bond motifs is 1. The average molecular weight is 436 g/mol. The number of ether oxygens (including phenoxy) is 1. The number of likely N-dealkylation sites (tertiary alicyclic amines) is 1. The van der Waals surface area contributed by atoms with E-state index < -0.39 is 23.5 Å². The average Bonchev–Trinajstić information content (AvgIpc) is 3.37. The SMILES string of the molecule is CNC(=O)[C@@H]1[C@H]2C(=O)N(CCCCO)C(C(=O)Nc3ccccc3Cl)C23CC[C@H]1O3. The molecule has 162 valence electrons. The fourth-order valence-corrected chi connectivity index (χ4v) is 5.50. The molecule has 1 spiro atoms. The first kappa shape index (κ1) is 21.1. The third-order valence-electron chi connectivity index (χ3n) is 6.54. The fourth-order valence-electron chi connectivity index (χ4n) is 5.32. The summed E-state index contributed by atoms with van der Waals surface area (Å²) in [6, 6.07) is 6.05. The second kappa shape index (κ2) is 8.17. The molecule has 0 saturated carbocycles. The lowest BCUT2D eigenvalue weighted by atomic mass is 9.70. The summed E-state index contributed by atoms with van der Waals surface area (Å²) in [6.07, 6.45) is 1.87. The number of amides is 3. The molecular formula is C21H26ClN3O5. The number of hydrogen-bond donors (Lipinski definition) is 3. The summed E-state index contributed by atoms with van der Waals surface area (Å²) in [7, 11) is 1.54. The summed E-state index contributed by atoms with van der Waals surface area (Å²) in [5.41, 5.74) is -0.564. The lowest BCUT2D eigenvalue weighted by molar-refractivity contribution is -0.140. The molecule has 0 aromatic heterocycles. The number of aliphatic hydroxyl groups excluding tert-OH is 1. The van der Waals surface area contributed by atoms with Crippen molar-refractivity contribution in [1.82, 2.24) is 10.2 Å². The molecule has 3 amide bonds. The van der Waals surface area contributed by atoms with E-state index in [-0.39, 0.29) is 30.4 Å². The van der Waals surface area contributed by atoms with E-state index in [9.17, 15) is 14.4 Å². The summed E-state index contributed by atoms with van der Waals surface area (Å²) < 4.78 is 6.26. The van der Waals surface area contributed by atoms with Gasteiger partial charge in [-0.25, -0.2) is 0 Å². The van der Waals surface area contributed by atoms with E-state index >= 15 is 0 Å². The molecular weight excluding hydrogens is 410 g/mol. The van der Waals surface area contributed by atoms with Gasteiger partial charge in [0.15, 0.2) is 0 Å². The van der Waals surface area contributed by atoms with Gasteiger partial charge < -0.3 is 25.4 Å². The second-order valence-electron chi connectivity index (χ2n) is 8.10. The summed E-state index contributed by atoms with van der Waals surface area (Å²) in [5.74, 6) is -2.13. The van der Waals surface area contributed by atoms with Crippen LogP contribution in [0, 0.1) is 11.8 Å². The molecule has 3 saturated heterocycles. The summed E-state index contributed by atoms with van der Waals surface area (Å²) >= 11 is 6.21. The Kier molecular flexibility index (Phi) is 5.74. The van der Waals surface area contributed by atoms with Crippen LogP contribution in [0.3, 0.4) is 0 Å². The Morgan fingerprint density at radius 1 is 1.30 bits per heavy atom. The number of unbranched alkanes of at least 4 members (excludes halogenated alkanes) is 1. The maximum absolute atomic E-state index is 13.4. The zero-order valence-electron chi connectivity index (χ0n) is 16.8. The Bertz CT molecular complexity index is 865. The molecule has 8 nitrogen and oxygen atoms in total. The smallest absolute Gasteiger partial charge is 0.250 e. The van der Waals surface area contributed by atoms with Crippen LogP contribution in [-0.4, -0.2) is 65.7 Å². The molecule has 30 heavy (non-hydrogen) atoms. The molecule has 1 aromatic rings. The summed E-state index contributed by atoms with van der Waals surface area (Å²) in [5, 5.41) is 15.0. The molecule has 4 rings (SSSR count). The number of anilines is 1. The lowest BCUT2D eigenvalue weighted by Crippen LogP contribution is -2.53. The van der Waals surface area contributed by atoms with Gasteiger partial charge in [-0.15, -0.1) is 0 Å². The number of benzene rings is 1. The highest BCUT2D eigenvalue weighted by atomic mass is 35.5. The molecule has 3 N–H and O–H groups in total. The summed E-state index contributed by atoms with van der Waals surface area (Å²) in [4.78, 5) is 40.9. The number of para-hydroxylation sites is 1. The number of nitrogens with one attached hydrogen (secondary N) is 2. The van der Waals surface area contributed by atoms with E-state index in [0.717, 1.165) is 0 Å². The first-order valence-corrected chi connectivity index (χ1v) is 10.7. The normalized spacial score (nSPS) is 31.7. The van der Waals surface area contributed by atoms with E-state index in [2.05, 4.69) is 10.6 Å². The molecule has 0 radical (unpaired) electrons. The van der Waals surface area contributed by atoms with E-state index in [1.54, 1.807) is 31.3 Å². The van der Waals surface area contributed by atoms with Crippen molar-refractivity contribution in [3.63, 3.8) is 0 Å². The highest BCUT2D eigenvalue weighted by Gasteiger charge is 2.74. The molecule has 0 aliphatic carbocycles. The molecule has 5 atom stereocenters. The van der Waals surface area contributed by atoms with Gasteiger partial charge in [0.25, 0.3) is 0 Å². The first-order chi connectivity index (χ1) is 14.4. The second-order valence-corrected chi connectivity index (χ2v) is 8.51. The molecule has 9 heteroatoms. The zero-order valence-corrected chi connectivity index (χ0v) is 17.5. The minimum atomic E-state index is -1.02. The highest BCUT2D eigenvalue weighted by Crippen LogP contribution is 2.58. The van der Waals surface area contributed by atoms with Crippen LogP contribution in [-0.2, 0) is 19.1 Å². The van der Waals surface area contributed by atoms with Crippen molar-refractivity contribution in [2.24, 2.45) is 11.8 Å². The number of rotatable bonds is 7. The van der Waals surface area contributed by atoms with Gasteiger partial charge in [-0.05, 0) is 37.8 Å². The van der Waals surface area contributed by atoms with E-state index in [1.165, 1.54) is 4.90 Å². The van der Waals surface area contributed by atoms with Crippen molar-refractivity contribution >= 4 is 35.0 Å². The first-order valence-electron chi connectivity index (χ1n) is 10.3. The van der Waals surface area contributed by atoms with Crippen molar-refractivity contribution in [3.05, 3.63) is 29.3 Å². The van der Waals surface area contributed by atoms with Crippen LogP contribution in [0.25, 0.3) is 0 Å². The topological polar surface area (TPSA) is 108 Å². The van der Waals surface area contributed by atoms with Gasteiger partial charge in [0.05, 0.1) is 28.6 Å². The van der Waals surface area contributed by atoms with Crippen LogP contribution in [0.5, 0.6) is 0 Å². The van der Waals surface area contributed by atoms with E-state index in [0.29, 0.717) is 42.9 Å². The predicted octanol–water partition coefficient (Wildman–Crippen LogP) is 1.17. The number of carbonyl (C=O) groups excluding carboxylic acids is 3. The van der Waals surface area contributed by atoms with Gasteiger partial charge in [-0.1, -0.05) is 23.7 Å². The fraction of sp³-hybridized carbons (Fsp3) is 0.571.